The van der Waals surface area contributed by atoms with Crippen molar-refractivity contribution in [1.29, 1.82) is 0 Å². The van der Waals surface area contributed by atoms with Gasteiger partial charge in [-0.05, 0) is 30.3 Å². The number of azo groups is 1. The zero-order valence-electron chi connectivity index (χ0n) is 12.9. The second-order valence-electron chi connectivity index (χ2n) is 4.90. The Labute approximate surface area is 138 Å². The molecule has 0 spiro atoms. The third-order valence-corrected chi connectivity index (χ3v) is 3.31. The van der Waals surface area contributed by atoms with Gasteiger partial charge in [0.05, 0.1) is 23.8 Å². The molecule has 2 N–H and O–H groups in total. The van der Waals surface area contributed by atoms with Gasteiger partial charge in [-0.1, -0.05) is 12.1 Å². The first-order valence-corrected chi connectivity index (χ1v) is 7.37. The van der Waals surface area contributed by atoms with E-state index >= 15 is 0 Å². The van der Waals surface area contributed by atoms with E-state index in [4.69, 9.17) is 10.2 Å². The van der Waals surface area contributed by atoms with Gasteiger partial charge in [-0.2, -0.15) is 5.11 Å². The molecular weight excluding hydrogens is 312 g/mol. The van der Waals surface area contributed by atoms with Crippen LogP contribution >= 0.6 is 0 Å². The molecule has 0 saturated carbocycles. The Bertz CT molecular complexity index is 697. The van der Waals surface area contributed by atoms with E-state index < -0.39 is 4.92 Å². The minimum absolute atomic E-state index is 0.0147. The Morgan fingerprint density at radius 2 is 1.58 bits per heavy atom. The molecule has 0 heterocycles. The molecule has 0 radical (unpaired) electrons. The molecule has 8 nitrogen and oxygen atoms in total. The predicted molar refractivity (Wildman–Crippen MR) is 90.1 cm³/mol. The van der Waals surface area contributed by atoms with Crippen molar-refractivity contribution in [2.45, 2.75) is 0 Å². The molecule has 24 heavy (non-hydrogen) atoms. The number of benzene rings is 2. The Hall–Kier alpha value is -2.84. The average Bonchev–Trinajstić information content (AvgIpc) is 2.60. The normalized spacial score (nSPS) is 10.9. The number of nitro groups is 1. The lowest BCUT2D eigenvalue weighted by Gasteiger charge is -2.22. The van der Waals surface area contributed by atoms with Crippen LogP contribution in [0.15, 0.2) is 58.8 Å². The van der Waals surface area contributed by atoms with Crippen LogP contribution in [0.1, 0.15) is 0 Å². The smallest absolute Gasteiger partial charge is 0.296 e. The van der Waals surface area contributed by atoms with Gasteiger partial charge in [-0.15, -0.1) is 5.11 Å². The number of aliphatic hydroxyl groups is 2. The van der Waals surface area contributed by atoms with Gasteiger partial charge in [0.25, 0.3) is 5.69 Å². The van der Waals surface area contributed by atoms with Crippen LogP contribution in [0.4, 0.5) is 22.7 Å². The van der Waals surface area contributed by atoms with Gasteiger partial charge in [0.15, 0.2) is 5.69 Å². The number of nitro benzene ring substituents is 1. The summed E-state index contributed by atoms with van der Waals surface area (Å²) in [4.78, 5) is 12.3. The Morgan fingerprint density at radius 3 is 2.17 bits per heavy atom. The molecule has 0 atom stereocenters. The minimum atomic E-state index is -0.501. The molecule has 126 valence electrons. The fraction of sp³-hybridized carbons (Fsp3) is 0.250. The van der Waals surface area contributed by atoms with Gasteiger partial charge in [-0.3, -0.25) is 10.1 Å². The van der Waals surface area contributed by atoms with Crippen LogP contribution in [-0.2, 0) is 0 Å². The van der Waals surface area contributed by atoms with Crippen molar-refractivity contribution in [3.63, 3.8) is 0 Å². The van der Waals surface area contributed by atoms with Crippen molar-refractivity contribution in [2.24, 2.45) is 10.2 Å². The summed E-state index contributed by atoms with van der Waals surface area (Å²) in [5, 5.41) is 37.0. The van der Waals surface area contributed by atoms with Gasteiger partial charge in [-0.25, -0.2) is 0 Å². The molecule has 2 aromatic rings. The van der Waals surface area contributed by atoms with Crippen molar-refractivity contribution in [3.8, 4) is 0 Å². The Balaban J connectivity index is 2.15. The third kappa shape index (κ3) is 4.58. The fourth-order valence-electron chi connectivity index (χ4n) is 2.16. The molecule has 0 aliphatic carbocycles. The van der Waals surface area contributed by atoms with Gasteiger partial charge in [0, 0.05) is 24.8 Å². The van der Waals surface area contributed by atoms with Crippen LogP contribution in [0.2, 0.25) is 0 Å². The molecular formula is C16H18N4O4. The van der Waals surface area contributed by atoms with Crippen molar-refractivity contribution >= 4 is 22.7 Å². The Morgan fingerprint density at radius 1 is 0.958 bits per heavy atom. The molecule has 0 aliphatic heterocycles. The SMILES string of the molecule is O=[N+]([O-])c1ccccc1N=Nc1ccc(N(CCO)CCO)cc1. The largest absolute Gasteiger partial charge is 0.395 e. The molecule has 0 unspecified atom stereocenters. The highest BCUT2D eigenvalue weighted by Gasteiger charge is 2.11. The first kappa shape index (κ1) is 17.5. The quantitative estimate of drug-likeness (QED) is 0.439. The van der Waals surface area contributed by atoms with E-state index in [1.165, 1.54) is 12.1 Å². The molecule has 0 saturated heterocycles. The van der Waals surface area contributed by atoms with E-state index in [0.717, 1.165) is 5.69 Å². The first-order chi connectivity index (χ1) is 11.7. The summed E-state index contributed by atoms with van der Waals surface area (Å²) in [7, 11) is 0. The van der Waals surface area contributed by atoms with E-state index in [2.05, 4.69) is 10.2 Å². The number of anilines is 1. The summed E-state index contributed by atoms with van der Waals surface area (Å²) in [5.74, 6) is 0. The topological polar surface area (TPSA) is 112 Å². The van der Waals surface area contributed by atoms with E-state index in [1.54, 1.807) is 36.4 Å². The van der Waals surface area contributed by atoms with Crippen molar-refractivity contribution in [1.82, 2.24) is 0 Å². The molecule has 0 bridgehead atoms. The van der Waals surface area contributed by atoms with Gasteiger partial charge < -0.3 is 15.1 Å². The van der Waals surface area contributed by atoms with Crippen LogP contribution in [0.5, 0.6) is 0 Å². The predicted octanol–water partition coefficient (Wildman–Crippen LogP) is 2.80. The zero-order valence-corrected chi connectivity index (χ0v) is 12.9. The van der Waals surface area contributed by atoms with E-state index in [-0.39, 0.29) is 24.6 Å². The van der Waals surface area contributed by atoms with Crippen LogP contribution in [0.25, 0.3) is 0 Å². The number of hydrogen-bond donors (Lipinski definition) is 2. The highest BCUT2D eigenvalue weighted by atomic mass is 16.6. The van der Waals surface area contributed by atoms with Crippen LogP contribution < -0.4 is 4.90 Å². The van der Waals surface area contributed by atoms with Crippen LogP contribution in [0, 0.1) is 10.1 Å². The molecule has 8 heteroatoms. The Kier molecular flexibility index (Phi) is 6.35. The maximum Gasteiger partial charge on any atom is 0.296 e. The van der Waals surface area contributed by atoms with Crippen molar-refractivity contribution in [3.05, 3.63) is 58.6 Å². The van der Waals surface area contributed by atoms with Crippen molar-refractivity contribution in [2.75, 3.05) is 31.2 Å². The van der Waals surface area contributed by atoms with Gasteiger partial charge >= 0.3 is 0 Å². The van der Waals surface area contributed by atoms with Crippen LogP contribution in [-0.4, -0.2) is 41.4 Å². The van der Waals surface area contributed by atoms with Crippen LogP contribution in [0.3, 0.4) is 0 Å². The summed E-state index contributed by atoms with van der Waals surface area (Å²) >= 11 is 0. The number of aliphatic hydroxyl groups excluding tert-OH is 2. The maximum absolute atomic E-state index is 10.9. The minimum Gasteiger partial charge on any atom is -0.395 e. The van der Waals surface area contributed by atoms with Crippen molar-refractivity contribution < 1.29 is 15.1 Å². The fourth-order valence-corrected chi connectivity index (χ4v) is 2.16. The second-order valence-corrected chi connectivity index (χ2v) is 4.90. The molecule has 0 aromatic heterocycles. The lowest BCUT2D eigenvalue weighted by molar-refractivity contribution is -0.384. The number of nitrogens with zero attached hydrogens (tertiary/aromatic N) is 4. The first-order valence-electron chi connectivity index (χ1n) is 7.37. The lowest BCUT2D eigenvalue weighted by Crippen LogP contribution is -2.29. The molecule has 0 aliphatic rings. The van der Waals surface area contributed by atoms with E-state index in [0.29, 0.717) is 18.8 Å². The van der Waals surface area contributed by atoms with Gasteiger partial charge in [0.2, 0.25) is 0 Å². The highest BCUT2D eigenvalue weighted by Crippen LogP contribution is 2.28. The number of para-hydroxylation sites is 1. The molecule has 2 rings (SSSR count). The second kappa shape index (κ2) is 8.70. The molecule has 0 amide bonds. The zero-order chi connectivity index (χ0) is 17.4. The third-order valence-electron chi connectivity index (χ3n) is 3.31. The monoisotopic (exact) mass is 330 g/mol. The van der Waals surface area contributed by atoms with E-state index in [9.17, 15) is 10.1 Å². The standard InChI is InChI=1S/C16H18N4O4/c21-11-9-19(10-12-22)14-7-5-13(6-8-14)17-18-15-3-1-2-4-16(15)20(23)24/h1-8,21-22H,9-12H2. The maximum atomic E-state index is 10.9. The highest BCUT2D eigenvalue weighted by molar-refractivity contribution is 5.57. The summed E-state index contributed by atoms with van der Waals surface area (Å²) in [6.45, 7) is 0.799. The molecule has 0 fully saturated rings. The number of rotatable bonds is 8. The number of hydrogen-bond acceptors (Lipinski definition) is 7. The van der Waals surface area contributed by atoms with Gasteiger partial charge in [0.1, 0.15) is 0 Å². The summed E-state index contributed by atoms with van der Waals surface area (Å²) < 4.78 is 0. The lowest BCUT2D eigenvalue weighted by atomic mass is 10.2. The van der Waals surface area contributed by atoms with E-state index in [1.807, 2.05) is 4.90 Å². The molecule has 2 aromatic carbocycles. The summed E-state index contributed by atoms with van der Waals surface area (Å²) in [5.41, 5.74) is 1.47. The summed E-state index contributed by atoms with van der Waals surface area (Å²) in [6, 6.07) is 13.1. The summed E-state index contributed by atoms with van der Waals surface area (Å²) in [6.07, 6.45) is 0. The average molecular weight is 330 g/mol.